The minimum absolute atomic E-state index is 0.00539. The van der Waals surface area contributed by atoms with E-state index in [1.807, 2.05) is 31.4 Å². The number of esters is 1. The van der Waals surface area contributed by atoms with E-state index in [1.165, 1.54) is 16.9 Å². The van der Waals surface area contributed by atoms with Crippen molar-refractivity contribution in [1.29, 1.82) is 0 Å². The van der Waals surface area contributed by atoms with Gasteiger partial charge in [0.2, 0.25) is 5.91 Å². The number of nitrogens with one attached hydrogen (secondary N) is 1. The number of hydrogen-bond donors (Lipinski definition) is 1. The molecule has 0 radical (unpaired) electrons. The first-order chi connectivity index (χ1) is 12.0. The Hall–Kier alpha value is -2.14. The maximum Gasteiger partial charge on any atom is 0.341 e. The van der Waals surface area contributed by atoms with E-state index in [0.29, 0.717) is 17.2 Å². The standard InChI is InChI=1S/C20H23NO3S/c1-4-24-20(23)17-16(15-9-8-12(2)10-13(15)3)11-25-19(17)21-18(22)14-6-5-7-14/h8-11,14H,4-7H2,1-3H3,(H,21,22). The van der Waals surface area contributed by atoms with Crippen LogP contribution in [0.5, 0.6) is 0 Å². The molecule has 0 saturated heterocycles. The Morgan fingerprint density at radius 1 is 1.24 bits per heavy atom. The number of amides is 1. The third kappa shape index (κ3) is 3.61. The summed E-state index contributed by atoms with van der Waals surface area (Å²) in [5.74, 6) is -0.310. The van der Waals surface area contributed by atoms with E-state index in [0.717, 1.165) is 36.0 Å². The fourth-order valence-electron chi connectivity index (χ4n) is 3.05. The number of carbonyl (C=O) groups is 2. The predicted octanol–water partition coefficient (Wildman–Crippen LogP) is 4.95. The van der Waals surface area contributed by atoms with Gasteiger partial charge >= 0.3 is 5.97 Å². The molecule has 25 heavy (non-hydrogen) atoms. The first kappa shape index (κ1) is 17.7. The van der Waals surface area contributed by atoms with Crippen LogP contribution in [0.2, 0.25) is 0 Å². The summed E-state index contributed by atoms with van der Waals surface area (Å²) < 4.78 is 5.25. The van der Waals surface area contributed by atoms with Crippen LogP contribution >= 0.6 is 11.3 Å². The Bertz CT molecular complexity index is 805. The highest BCUT2D eigenvalue weighted by Gasteiger charge is 2.28. The average molecular weight is 357 g/mol. The fourth-order valence-corrected chi connectivity index (χ4v) is 4.01. The molecule has 1 amide bonds. The zero-order chi connectivity index (χ0) is 18.0. The predicted molar refractivity (Wildman–Crippen MR) is 101 cm³/mol. The molecule has 1 heterocycles. The summed E-state index contributed by atoms with van der Waals surface area (Å²) in [6.45, 7) is 6.16. The van der Waals surface area contributed by atoms with E-state index in [9.17, 15) is 9.59 Å². The van der Waals surface area contributed by atoms with Gasteiger partial charge in [0.15, 0.2) is 0 Å². The van der Waals surface area contributed by atoms with Crippen LogP contribution in [0.3, 0.4) is 0 Å². The summed E-state index contributed by atoms with van der Waals surface area (Å²) in [6, 6.07) is 6.14. The van der Waals surface area contributed by atoms with Gasteiger partial charge in [0.1, 0.15) is 10.6 Å². The van der Waals surface area contributed by atoms with Crippen LogP contribution in [0.25, 0.3) is 11.1 Å². The highest BCUT2D eigenvalue weighted by atomic mass is 32.1. The summed E-state index contributed by atoms with van der Waals surface area (Å²) in [6.07, 6.45) is 2.95. The molecule has 1 aliphatic rings. The van der Waals surface area contributed by atoms with E-state index in [1.54, 1.807) is 6.92 Å². The lowest BCUT2D eigenvalue weighted by Crippen LogP contribution is -2.28. The SMILES string of the molecule is CCOC(=O)c1c(-c2ccc(C)cc2C)csc1NC(=O)C1CCC1. The van der Waals surface area contributed by atoms with Crippen molar-refractivity contribution in [2.75, 3.05) is 11.9 Å². The fraction of sp³-hybridized carbons (Fsp3) is 0.400. The van der Waals surface area contributed by atoms with Crippen LogP contribution in [0.15, 0.2) is 23.6 Å². The number of carbonyl (C=O) groups excluding carboxylic acids is 2. The molecule has 3 rings (SSSR count). The van der Waals surface area contributed by atoms with Gasteiger partial charge in [0.05, 0.1) is 6.61 Å². The van der Waals surface area contributed by atoms with Crippen LogP contribution in [0.4, 0.5) is 5.00 Å². The minimum Gasteiger partial charge on any atom is -0.462 e. The largest absolute Gasteiger partial charge is 0.462 e. The second-order valence-electron chi connectivity index (χ2n) is 6.51. The molecule has 1 aromatic carbocycles. The first-order valence-electron chi connectivity index (χ1n) is 8.68. The van der Waals surface area contributed by atoms with Crippen LogP contribution in [0.1, 0.15) is 47.7 Å². The molecule has 0 aliphatic heterocycles. The monoisotopic (exact) mass is 357 g/mol. The minimum atomic E-state index is -0.386. The molecule has 0 spiro atoms. The maximum absolute atomic E-state index is 12.6. The van der Waals surface area contributed by atoms with Gasteiger partial charge in [-0.25, -0.2) is 4.79 Å². The number of benzene rings is 1. The molecule has 0 bridgehead atoms. The van der Waals surface area contributed by atoms with Gasteiger partial charge in [0, 0.05) is 16.9 Å². The van der Waals surface area contributed by atoms with Crippen LogP contribution in [0, 0.1) is 19.8 Å². The van der Waals surface area contributed by atoms with Gasteiger partial charge in [-0.15, -0.1) is 11.3 Å². The maximum atomic E-state index is 12.6. The smallest absolute Gasteiger partial charge is 0.341 e. The number of hydrogen-bond acceptors (Lipinski definition) is 4. The lowest BCUT2D eigenvalue weighted by Gasteiger charge is -2.23. The number of thiophene rings is 1. The molecule has 1 aliphatic carbocycles. The van der Waals surface area contributed by atoms with Crippen LogP contribution in [-0.2, 0) is 9.53 Å². The molecule has 132 valence electrons. The molecule has 0 unspecified atom stereocenters. The Labute approximate surface area is 152 Å². The van der Waals surface area contributed by atoms with Crippen molar-refractivity contribution >= 4 is 28.2 Å². The Balaban J connectivity index is 2.00. The lowest BCUT2D eigenvalue weighted by molar-refractivity contribution is -0.122. The Kier molecular flexibility index (Phi) is 5.23. The van der Waals surface area contributed by atoms with Gasteiger partial charge in [0.25, 0.3) is 0 Å². The van der Waals surface area contributed by atoms with E-state index < -0.39 is 0 Å². The van der Waals surface area contributed by atoms with Crippen LogP contribution < -0.4 is 5.32 Å². The third-order valence-corrected chi connectivity index (χ3v) is 5.55. The number of ether oxygens (including phenoxy) is 1. The zero-order valence-electron chi connectivity index (χ0n) is 14.8. The molecular weight excluding hydrogens is 334 g/mol. The summed E-state index contributed by atoms with van der Waals surface area (Å²) in [4.78, 5) is 24.9. The molecule has 1 N–H and O–H groups in total. The molecule has 1 saturated carbocycles. The molecule has 0 atom stereocenters. The highest BCUT2D eigenvalue weighted by molar-refractivity contribution is 7.15. The van der Waals surface area contributed by atoms with Gasteiger partial charge in [-0.05, 0) is 44.7 Å². The van der Waals surface area contributed by atoms with E-state index in [-0.39, 0.29) is 17.8 Å². The van der Waals surface area contributed by atoms with E-state index in [4.69, 9.17) is 4.74 Å². The first-order valence-corrected chi connectivity index (χ1v) is 9.56. The quantitative estimate of drug-likeness (QED) is 0.771. The molecule has 2 aromatic rings. The molecule has 1 fully saturated rings. The lowest BCUT2D eigenvalue weighted by atomic mass is 9.85. The van der Waals surface area contributed by atoms with Crippen molar-refractivity contribution in [2.45, 2.75) is 40.0 Å². The summed E-state index contributed by atoms with van der Waals surface area (Å²) in [7, 11) is 0. The molecule has 1 aromatic heterocycles. The summed E-state index contributed by atoms with van der Waals surface area (Å²) in [5.41, 5.74) is 4.55. The summed E-state index contributed by atoms with van der Waals surface area (Å²) in [5, 5.41) is 5.47. The van der Waals surface area contributed by atoms with Crippen molar-refractivity contribution in [1.82, 2.24) is 0 Å². The topological polar surface area (TPSA) is 55.4 Å². The van der Waals surface area contributed by atoms with Crippen molar-refractivity contribution < 1.29 is 14.3 Å². The van der Waals surface area contributed by atoms with E-state index >= 15 is 0 Å². The van der Waals surface area contributed by atoms with Crippen molar-refractivity contribution in [3.8, 4) is 11.1 Å². The van der Waals surface area contributed by atoms with Crippen molar-refractivity contribution in [3.05, 3.63) is 40.3 Å². The van der Waals surface area contributed by atoms with Gasteiger partial charge in [-0.1, -0.05) is 30.2 Å². The number of aryl methyl sites for hydroxylation is 2. The molecular formula is C20H23NO3S. The molecule has 5 heteroatoms. The second kappa shape index (κ2) is 7.40. The van der Waals surface area contributed by atoms with Gasteiger partial charge in [-0.3, -0.25) is 4.79 Å². The highest BCUT2D eigenvalue weighted by Crippen LogP contribution is 2.39. The van der Waals surface area contributed by atoms with Crippen molar-refractivity contribution in [3.63, 3.8) is 0 Å². The van der Waals surface area contributed by atoms with Crippen LogP contribution in [-0.4, -0.2) is 18.5 Å². The normalized spacial score (nSPS) is 14.0. The Morgan fingerprint density at radius 2 is 2.00 bits per heavy atom. The molecule has 4 nitrogen and oxygen atoms in total. The third-order valence-electron chi connectivity index (χ3n) is 4.66. The summed E-state index contributed by atoms with van der Waals surface area (Å²) >= 11 is 1.39. The Morgan fingerprint density at radius 3 is 2.60 bits per heavy atom. The second-order valence-corrected chi connectivity index (χ2v) is 7.39. The number of anilines is 1. The van der Waals surface area contributed by atoms with Gasteiger partial charge in [-0.2, -0.15) is 0 Å². The average Bonchev–Trinajstić information content (AvgIpc) is 2.89. The van der Waals surface area contributed by atoms with E-state index in [2.05, 4.69) is 11.4 Å². The van der Waals surface area contributed by atoms with Gasteiger partial charge < -0.3 is 10.1 Å². The zero-order valence-corrected chi connectivity index (χ0v) is 15.7. The number of rotatable bonds is 5. The van der Waals surface area contributed by atoms with Crippen molar-refractivity contribution in [2.24, 2.45) is 5.92 Å².